The van der Waals surface area contributed by atoms with Crippen molar-refractivity contribution in [2.75, 3.05) is 13.2 Å². The van der Waals surface area contributed by atoms with Crippen LogP contribution in [0.2, 0.25) is 0 Å². The molecule has 0 spiro atoms. The fourth-order valence-electron chi connectivity index (χ4n) is 2.66. The van der Waals surface area contributed by atoms with Gasteiger partial charge in [-0.15, -0.1) is 10.2 Å². The van der Waals surface area contributed by atoms with Crippen LogP contribution in [0.3, 0.4) is 0 Å². The maximum atomic E-state index is 5.67. The molecule has 100 valence electrons. The molecule has 0 aliphatic carbocycles. The normalized spacial score (nSPS) is 17.8. The van der Waals surface area contributed by atoms with Crippen molar-refractivity contribution in [1.82, 2.24) is 14.8 Å². The number of hydrogen-bond donors (Lipinski definition) is 0. The summed E-state index contributed by atoms with van der Waals surface area (Å²) in [6, 6.07) is 10.4. The smallest absolute Gasteiger partial charge is 0.138 e. The number of rotatable bonds is 2. The van der Waals surface area contributed by atoms with Gasteiger partial charge >= 0.3 is 0 Å². The molecule has 1 aliphatic heterocycles. The number of nitrogens with zero attached hydrogens (tertiary/aromatic N) is 3. The van der Waals surface area contributed by atoms with E-state index in [1.54, 1.807) is 0 Å². The van der Waals surface area contributed by atoms with Crippen molar-refractivity contribution in [3.8, 4) is 0 Å². The molecule has 0 saturated heterocycles. The van der Waals surface area contributed by atoms with Gasteiger partial charge < -0.3 is 9.30 Å². The molecule has 0 atom stereocenters. The molecule has 19 heavy (non-hydrogen) atoms. The zero-order valence-electron chi connectivity index (χ0n) is 11.5. The maximum Gasteiger partial charge on any atom is 0.138 e. The summed E-state index contributed by atoms with van der Waals surface area (Å²) in [6.07, 6.45) is 1.66. The molecule has 4 heteroatoms. The third-order valence-corrected chi connectivity index (χ3v) is 3.53. The average Bonchev–Trinajstić information content (AvgIpc) is 2.72. The van der Waals surface area contributed by atoms with E-state index in [-0.39, 0.29) is 5.54 Å². The molecule has 0 amide bonds. The van der Waals surface area contributed by atoms with Crippen LogP contribution in [0.1, 0.15) is 31.1 Å². The second kappa shape index (κ2) is 4.78. The number of fused-ring (bicyclic) bond motifs is 1. The van der Waals surface area contributed by atoms with E-state index in [2.05, 4.69) is 52.9 Å². The lowest BCUT2D eigenvalue weighted by Gasteiger charge is -2.27. The van der Waals surface area contributed by atoms with Gasteiger partial charge in [0, 0.05) is 12.8 Å². The number of aromatic nitrogens is 3. The monoisotopic (exact) mass is 257 g/mol. The van der Waals surface area contributed by atoms with Crippen molar-refractivity contribution in [3.05, 3.63) is 47.5 Å². The summed E-state index contributed by atoms with van der Waals surface area (Å²) in [4.78, 5) is 0. The van der Waals surface area contributed by atoms with Gasteiger partial charge in [0.2, 0.25) is 0 Å². The third-order valence-electron chi connectivity index (χ3n) is 3.53. The van der Waals surface area contributed by atoms with Crippen LogP contribution in [-0.2, 0) is 23.1 Å². The molecule has 2 heterocycles. The first-order valence-electron chi connectivity index (χ1n) is 6.72. The highest BCUT2D eigenvalue weighted by molar-refractivity contribution is 5.20. The summed E-state index contributed by atoms with van der Waals surface area (Å²) in [6.45, 7) is 5.80. The van der Waals surface area contributed by atoms with E-state index in [4.69, 9.17) is 4.74 Å². The number of ether oxygens (including phenoxy) is 1. The summed E-state index contributed by atoms with van der Waals surface area (Å²) in [7, 11) is 0. The molecule has 0 bridgehead atoms. The van der Waals surface area contributed by atoms with Crippen molar-refractivity contribution in [1.29, 1.82) is 0 Å². The first-order valence-corrected chi connectivity index (χ1v) is 6.72. The predicted octanol–water partition coefficient (Wildman–Crippen LogP) is 2.18. The van der Waals surface area contributed by atoms with Crippen molar-refractivity contribution < 1.29 is 4.74 Å². The lowest BCUT2D eigenvalue weighted by atomic mass is 10.1. The van der Waals surface area contributed by atoms with Crippen LogP contribution in [0.5, 0.6) is 0 Å². The lowest BCUT2D eigenvalue weighted by molar-refractivity contribution is 0.0826. The second-order valence-electron chi connectivity index (χ2n) is 5.65. The first-order chi connectivity index (χ1) is 9.17. The number of benzene rings is 1. The Balaban J connectivity index is 1.98. The molecule has 0 N–H and O–H groups in total. The quantitative estimate of drug-likeness (QED) is 0.828. The zero-order valence-corrected chi connectivity index (χ0v) is 11.5. The highest BCUT2D eigenvalue weighted by atomic mass is 16.5. The van der Waals surface area contributed by atoms with Crippen molar-refractivity contribution in [2.45, 2.75) is 32.2 Å². The largest absolute Gasteiger partial charge is 0.379 e. The summed E-state index contributed by atoms with van der Waals surface area (Å²) >= 11 is 0. The van der Waals surface area contributed by atoms with Crippen LogP contribution in [0, 0.1) is 0 Å². The van der Waals surface area contributed by atoms with Gasteiger partial charge in [0.05, 0.1) is 18.8 Å². The van der Waals surface area contributed by atoms with Gasteiger partial charge in [-0.05, 0) is 19.4 Å². The summed E-state index contributed by atoms with van der Waals surface area (Å²) in [5.74, 6) is 2.06. The van der Waals surface area contributed by atoms with Crippen LogP contribution >= 0.6 is 0 Å². The Hall–Kier alpha value is -1.68. The fraction of sp³-hybridized carbons (Fsp3) is 0.467. The third kappa shape index (κ3) is 2.40. The summed E-state index contributed by atoms with van der Waals surface area (Å²) in [5, 5.41) is 8.73. The Labute approximate surface area is 113 Å². The van der Waals surface area contributed by atoms with Crippen molar-refractivity contribution in [3.63, 3.8) is 0 Å². The SMILES string of the molecule is CC1(C)COCCc2nnc(Cc3ccccc3)n21. The molecule has 0 saturated carbocycles. The molecule has 0 fully saturated rings. The molecule has 1 aliphatic rings. The van der Waals surface area contributed by atoms with Crippen LogP contribution in [0.25, 0.3) is 0 Å². The fourth-order valence-corrected chi connectivity index (χ4v) is 2.66. The van der Waals surface area contributed by atoms with Gasteiger partial charge in [0.1, 0.15) is 11.6 Å². The molecule has 0 unspecified atom stereocenters. The summed E-state index contributed by atoms with van der Waals surface area (Å²) < 4.78 is 7.92. The minimum absolute atomic E-state index is 0.0839. The van der Waals surface area contributed by atoms with Crippen LogP contribution in [-0.4, -0.2) is 28.0 Å². The Morgan fingerprint density at radius 1 is 1.21 bits per heavy atom. The van der Waals surface area contributed by atoms with Crippen molar-refractivity contribution in [2.24, 2.45) is 0 Å². The molecule has 1 aromatic carbocycles. The highest BCUT2D eigenvalue weighted by Gasteiger charge is 2.29. The molecular formula is C15H19N3O. The Kier molecular flexibility index (Phi) is 3.11. The highest BCUT2D eigenvalue weighted by Crippen LogP contribution is 2.24. The average molecular weight is 257 g/mol. The van der Waals surface area contributed by atoms with Crippen LogP contribution < -0.4 is 0 Å². The molecule has 3 rings (SSSR count). The van der Waals surface area contributed by atoms with E-state index in [0.717, 1.165) is 31.1 Å². The second-order valence-corrected chi connectivity index (χ2v) is 5.65. The van der Waals surface area contributed by atoms with Crippen LogP contribution in [0.15, 0.2) is 30.3 Å². The van der Waals surface area contributed by atoms with E-state index < -0.39 is 0 Å². The van der Waals surface area contributed by atoms with E-state index in [1.807, 2.05) is 6.07 Å². The van der Waals surface area contributed by atoms with Gasteiger partial charge in [-0.1, -0.05) is 30.3 Å². The van der Waals surface area contributed by atoms with Gasteiger partial charge in [0.25, 0.3) is 0 Å². The van der Waals surface area contributed by atoms with Crippen molar-refractivity contribution >= 4 is 0 Å². The molecule has 4 nitrogen and oxygen atoms in total. The maximum absolute atomic E-state index is 5.67. The van der Waals surface area contributed by atoms with Gasteiger partial charge in [-0.3, -0.25) is 0 Å². The van der Waals surface area contributed by atoms with Gasteiger partial charge in [-0.25, -0.2) is 0 Å². The minimum atomic E-state index is -0.0839. The molecular weight excluding hydrogens is 238 g/mol. The molecule has 2 aromatic rings. The van der Waals surface area contributed by atoms with E-state index in [1.165, 1.54) is 5.56 Å². The van der Waals surface area contributed by atoms with E-state index in [9.17, 15) is 0 Å². The van der Waals surface area contributed by atoms with Crippen LogP contribution in [0.4, 0.5) is 0 Å². The molecule has 1 aromatic heterocycles. The standard InChI is InChI=1S/C15H19N3O/c1-15(2)11-19-9-8-13-16-17-14(18(13)15)10-12-6-4-3-5-7-12/h3-7H,8-11H2,1-2H3. The zero-order chi connectivity index (χ0) is 13.3. The molecule has 0 radical (unpaired) electrons. The number of hydrogen-bond acceptors (Lipinski definition) is 3. The first kappa shape index (κ1) is 12.4. The Morgan fingerprint density at radius 2 is 2.00 bits per heavy atom. The van der Waals surface area contributed by atoms with Gasteiger partial charge in [-0.2, -0.15) is 0 Å². The predicted molar refractivity (Wildman–Crippen MR) is 73.1 cm³/mol. The lowest BCUT2D eigenvalue weighted by Crippen LogP contribution is -2.33. The van der Waals surface area contributed by atoms with Gasteiger partial charge in [0.15, 0.2) is 0 Å². The van der Waals surface area contributed by atoms with E-state index >= 15 is 0 Å². The summed E-state index contributed by atoms with van der Waals surface area (Å²) in [5.41, 5.74) is 1.18. The topological polar surface area (TPSA) is 39.9 Å². The minimum Gasteiger partial charge on any atom is -0.379 e. The van der Waals surface area contributed by atoms with E-state index in [0.29, 0.717) is 6.61 Å². The Bertz CT molecular complexity index is 560. The Morgan fingerprint density at radius 3 is 2.79 bits per heavy atom.